The second kappa shape index (κ2) is 5.47. The van der Waals surface area contributed by atoms with E-state index in [1.165, 1.54) is 0 Å². The van der Waals surface area contributed by atoms with Gasteiger partial charge in [-0.2, -0.15) is 4.98 Å². The van der Waals surface area contributed by atoms with Gasteiger partial charge in [0.2, 0.25) is 11.7 Å². The van der Waals surface area contributed by atoms with Crippen LogP contribution in [-0.2, 0) is 5.41 Å². The Morgan fingerprint density at radius 1 is 1.35 bits per heavy atom. The number of rotatable bonds is 2. The van der Waals surface area contributed by atoms with E-state index in [4.69, 9.17) is 16.1 Å². The van der Waals surface area contributed by atoms with Crippen LogP contribution in [0.3, 0.4) is 0 Å². The number of halogens is 2. The molecule has 1 fully saturated rings. The molecule has 1 saturated heterocycles. The minimum absolute atomic E-state index is 0.0276. The van der Waals surface area contributed by atoms with Crippen molar-refractivity contribution >= 4 is 27.5 Å². The number of benzene rings is 1. The summed E-state index contributed by atoms with van der Waals surface area (Å²) < 4.78 is 6.32. The van der Waals surface area contributed by atoms with Crippen molar-refractivity contribution in [2.45, 2.75) is 25.2 Å². The summed E-state index contributed by atoms with van der Waals surface area (Å²) in [6.07, 6.45) is 2.03. The number of piperidine rings is 1. The molecule has 0 spiro atoms. The molecule has 0 saturated carbocycles. The van der Waals surface area contributed by atoms with Gasteiger partial charge in [-0.1, -0.05) is 23.7 Å². The highest BCUT2D eigenvalue weighted by Crippen LogP contribution is 2.33. The molecule has 20 heavy (non-hydrogen) atoms. The molecule has 3 rings (SSSR count). The van der Waals surface area contributed by atoms with Crippen LogP contribution in [0.5, 0.6) is 0 Å². The van der Waals surface area contributed by atoms with Gasteiger partial charge in [-0.05, 0) is 60.1 Å². The summed E-state index contributed by atoms with van der Waals surface area (Å²) in [5.74, 6) is 1.33. The van der Waals surface area contributed by atoms with Crippen LogP contribution >= 0.6 is 27.5 Å². The van der Waals surface area contributed by atoms with E-state index in [9.17, 15) is 0 Å². The summed E-state index contributed by atoms with van der Waals surface area (Å²) in [5, 5.41) is 8.13. The van der Waals surface area contributed by atoms with E-state index in [0.29, 0.717) is 10.8 Å². The summed E-state index contributed by atoms with van der Waals surface area (Å²) in [5.41, 5.74) is 0.869. The quantitative estimate of drug-likeness (QED) is 0.889. The molecule has 6 heteroatoms. The first-order valence-corrected chi connectivity index (χ1v) is 7.76. The van der Waals surface area contributed by atoms with Gasteiger partial charge in [-0.25, -0.2) is 0 Å². The monoisotopic (exact) mass is 355 g/mol. The highest BCUT2D eigenvalue weighted by atomic mass is 79.9. The van der Waals surface area contributed by atoms with Crippen LogP contribution in [0.2, 0.25) is 5.02 Å². The van der Waals surface area contributed by atoms with Crippen molar-refractivity contribution in [3.05, 3.63) is 33.6 Å². The molecule has 106 valence electrons. The standard InChI is InChI=1S/C14H15BrClN3O/c1-14(4-6-17-7-5-14)13-18-12(19-20-13)9-2-3-11(16)10(15)8-9/h2-3,8,17H,4-7H2,1H3. The molecule has 2 aromatic rings. The third-order valence-electron chi connectivity index (χ3n) is 3.83. The van der Waals surface area contributed by atoms with Crippen molar-refractivity contribution in [3.8, 4) is 11.4 Å². The second-order valence-electron chi connectivity index (χ2n) is 5.36. The summed E-state index contributed by atoms with van der Waals surface area (Å²) in [7, 11) is 0. The van der Waals surface area contributed by atoms with Crippen molar-refractivity contribution in [1.29, 1.82) is 0 Å². The molecule has 1 aromatic heterocycles. The first kappa shape index (κ1) is 14.0. The number of aromatic nitrogens is 2. The zero-order valence-electron chi connectivity index (χ0n) is 11.1. The van der Waals surface area contributed by atoms with Gasteiger partial charge in [0.05, 0.1) is 5.02 Å². The fraction of sp³-hybridized carbons (Fsp3) is 0.429. The average molecular weight is 357 g/mol. The minimum atomic E-state index is -0.0276. The predicted octanol–water partition coefficient (Wildman–Crippen LogP) is 3.79. The lowest BCUT2D eigenvalue weighted by atomic mass is 9.81. The van der Waals surface area contributed by atoms with Crippen LogP contribution in [0, 0.1) is 0 Å². The summed E-state index contributed by atoms with van der Waals surface area (Å²) in [4.78, 5) is 4.58. The first-order valence-electron chi connectivity index (χ1n) is 6.59. The van der Waals surface area contributed by atoms with Crippen LogP contribution < -0.4 is 5.32 Å². The third kappa shape index (κ3) is 2.62. The maximum absolute atomic E-state index is 6.00. The summed E-state index contributed by atoms with van der Waals surface area (Å²) in [6.45, 7) is 4.16. The Balaban J connectivity index is 1.91. The lowest BCUT2D eigenvalue weighted by Gasteiger charge is -2.30. The molecule has 0 amide bonds. The van der Waals surface area contributed by atoms with Crippen LogP contribution in [-0.4, -0.2) is 23.2 Å². The van der Waals surface area contributed by atoms with Gasteiger partial charge >= 0.3 is 0 Å². The number of nitrogens with zero attached hydrogens (tertiary/aromatic N) is 2. The van der Waals surface area contributed by atoms with E-state index in [1.807, 2.05) is 18.2 Å². The first-order chi connectivity index (χ1) is 9.58. The third-order valence-corrected chi connectivity index (χ3v) is 5.04. The van der Waals surface area contributed by atoms with Crippen LogP contribution in [0.4, 0.5) is 0 Å². The van der Waals surface area contributed by atoms with Crippen LogP contribution in [0.25, 0.3) is 11.4 Å². The fourth-order valence-corrected chi connectivity index (χ4v) is 2.91. The van der Waals surface area contributed by atoms with Crippen LogP contribution in [0.1, 0.15) is 25.7 Å². The number of hydrogen-bond donors (Lipinski definition) is 1. The molecule has 2 heterocycles. The predicted molar refractivity (Wildman–Crippen MR) is 81.9 cm³/mol. The Bertz CT molecular complexity index is 623. The van der Waals surface area contributed by atoms with Gasteiger partial charge in [-0.3, -0.25) is 0 Å². The van der Waals surface area contributed by atoms with Crippen molar-refractivity contribution in [2.75, 3.05) is 13.1 Å². The molecule has 0 aliphatic carbocycles. The molecule has 4 nitrogen and oxygen atoms in total. The molecule has 0 bridgehead atoms. The lowest BCUT2D eigenvalue weighted by molar-refractivity contribution is 0.241. The molecule has 1 aliphatic heterocycles. The summed E-state index contributed by atoms with van der Waals surface area (Å²) >= 11 is 9.41. The van der Waals surface area contributed by atoms with Crippen molar-refractivity contribution in [1.82, 2.24) is 15.5 Å². The van der Waals surface area contributed by atoms with Crippen molar-refractivity contribution < 1.29 is 4.52 Å². The zero-order valence-corrected chi connectivity index (χ0v) is 13.5. The van der Waals surface area contributed by atoms with E-state index in [-0.39, 0.29) is 5.41 Å². The molecular weight excluding hydrogens is 342 g/mol. The second-order valence-corrected chi connectivity index (χ2v) is 6.62. The Morgan fingerprint density at radius 2 is 2.10 bits per heavy atom. The maximum Gasteiger partial charge on any atom is 0.232 e. The molecule has 0 unspecified atom stereocenters. The normalized spacial score (nSPS) is 18.1. The van der Waals surface area contributed by atoms with Gasteiger partial charge in [0.1, 0.15) is 0 Å². The zero-order chi connectivity index (χ0) is 14.2. The minimum Gasteiger partial charge on any atom is -0.338 e. The summed E-state index contributed by atoms with van der Waals surface area (Å²) in [6, 6.07) is 5.62. The SMILES string of the molecule is CC1(c2nc(-c3ccc(Cl)c(Br)c3)no2)CCNCC1. The van der Waals surface area contributed by atoms with E-state index < -0.39 is 0 Å². The Labute approximate surface area is 131 Å². The van der Waals surface area contributed by atoms with Crippen LogP contribution in [0.15, 0.2) is 27.2 Å². The van der Waals surface area contributed by atoms with E-state index >= 15 is 0 Å². The van der Waals surface area contributed by atoms with Gasteiger partial charge in [0.25, 0.3) is 0 Å². The van der Waals surface area contributed by atoms with Gasteiger partial charge in [0.15, 0.2) is 0 Å². The molecular formula is C14H15BrClN3O. The van der Waals surface area contributed by atoms with Gasteiger partial charge < -0.3 is 9.84 Å². The van der Waals surface area contributed by atoms with E-state index in [2.05, 4.69) is 38.3 Å². The molecule has 1 aliphatic rings. The Morgan fingerprint density at radius 3 is 2.80 bits per heavy atom. The largest absolute Gasteiger partial charge is 0.338 e. The number of hydrogen-bond acceptors (Lipinski definition) is 4. The lowest BCUT2D eigenvalue weighted by Crippen LogP contribution is -2.37. The molecule has 0 atom stereocenters. The molecule has 1 N–H and O–H groups in total. The van der Waals surface area contributed by atoms with Crippen molar-refractivity contribution in [3.63, 3.8) is 0 Å². The maximum atomic E-state index is 6.00. The highest BCUT2D eigenvalue weighted by molar-refractivity contribution is 9.10. The topological polar surface area (TPSA) is 51.0 Å². The number of nitrogens with one attached hydrogen (secondary N) is 1. The van der Waals surface area contributed by atoms with Crippen molar-refractivity contribution in [2.24, 2.45) is 0 Å². The highest BCUT2D eigenvalue weighted by Gasteiger charge is 2.34. The molecule has 1 aromatic carbocycles. The van der Waals surface area contributed by atoms with E-state index in [0.717, 1.165) is 41.9 Å². The fourth-order valence-electron chi connectivity index (χ4n) is 2.41. The van der Waals surface area contributed by atoms with Gasteiger partial charge in [-0.15, -0.1) is 0 Å². The van der Waals surface area contributed by atoms with E-state index in [1.54, 1.807) is 0 Å². The average Bonchev–Trinajstić information content (AvgIpc) is 2.93. The molecule has 0 radical (unpaired) electrons. The van der Waals surface area contributed by atoms with Gasteiger partial charge in [0, 0.05) is 15.5 Å². The Kier molecular flexibility index (Phi) is 3.84. The smallest absolute Gasteiger partial charge is 0.232 e. The Hall–Kier alpha value is -0.910.